The molecule has 0 unspecified atom stereocenters. The maximum atomic E-state index is 13.4. The number of amides is 2. The van der Waals surface area contributed by atoms with Crippen LogP contribution in [0.5, 0.6) is 11.5 Å². The summed E-state index contributed by atoms with van der Waals surface area (Å²) < 4.78 is 37.0. The van der Waals surface area contributed by atoms with Crippen LogP contribution in [0.25, 0.3) is 0 Å². The van der Waals surface area contributed by atoms with Crippen LogP contribution in [-0.4, -0.2) is 56.3 Å². The number of benzene rings is 2. The van der Waals surface area contributed by atoms with Crippen molar-refractivity contribution in [3.05, 3.63) is 53.6 Å². The number of sulfonamides is 1. The highest BCUT2D eigenvalue weighted by atomic mass is 32.2. The van der Waals surface area contributed by atoms with E-state index >= 15 is 0 Å². The lowest BCUT2D eigenvalue weighted by atomic mass is 10.1. The van der Waals surface area contributed by atoms with Crippen LogP contribution in [0.2, 0.25) is 0 Å². The van der Waals surface area contributed by atoms with E-state index in [1.165, 1.54) is 4.31 Å². The second-order valence-electron chi connectivity index (χ2n) is 10.4. The summed E-state index contributed by atoms with van der Waals surface area (Å²) in [6.07, 6.45) is 1.48. The molecule has 1 heterocycles. The van der Waals surface area contributed by atoms with Crippen LogP contribution in [0.4, 0.5) is 5.69 Å². The summed E-state index contributed by atoms with van der Waals surface area (Å²) in [6.45, 7) is 9.83. The normalized spacial score (nSPS) is 13.7. The third-order valence-electron chi connectivity index (χ3n) is 5.94. The molecule has 37 heavy (non-hydrogen) atoms. The highest BCUT2D eigenvalue weighted by Gasteiger charge is 2.29. The van der Waals surface area contributed by atoms with Crippen LogP contribution in [0.1, 0.15) is 51.7 Å². The van der Waals surface area contributed by atoms with Crippen molar-refractivity contribution >= 4 is 27.5 Å². The molecule has 0 fully saturated rings. The van der Waals surface area contributed by atoms with Gasteiger partial charge in [0.1, 0.15) is 6.04 Å². The van der Waals surface area contributed by atoms with E-state index in [-0.39, 0.29) is 44.5 Å². The van der Waals surface area contributed by atoms with Gasteiger partial charge < -0.3 is 19.7 Å². The molecule has 1 N–H and O–H groups in total. The number of anilines is 1. The maximum Gasteiger partial charge on any atom is 0.242 e. The zero-order valence-electron chi connectivity index (χ0n) is 22.4. The summed E-state index contributed by atoms with van der Waals surface area (Å²) in [5.74, 6) is 0.564. The molecular weight excluding hydrogens is 494 g/mol. The topological polar surface area (TPSA) is 105 Å². The highest BCUT2D eigenvalue weighted by Crippen LogP contribution is 2.36. The van der Waals surface area contributed by atoms with E-state index in [0.29, 0.717) is 17.2 Å². The van der Waals surface area contributed by atoms with Gasteiger partial charge in [0.15, 0.2) is 11.5 Å². The van der Waals surface area contributed by atoms with Gasteiger partial charge in [-0.15, -0.1) is 0 Å². The zero-order chi connectivity index (χ0) is 27.4. The smallest absolute Gasteiger partial charge is 0.242 e. The Hall–Kier alpha value is -3.27. The van der Waals surface area contributed by atoms with Gasteiger partial charge >= 0.3 is 0 Å². The number of carbonyl (C=O) groups excluding carboxylic acids is 2. The first-order valence-corrected chi connectivity index (χ1v) is 14.1. The van der Waals surface area contributed by atoms with Crippen molar-refractivity contribution in [1.82, 2.24) is 10.2 Å². The quantitative estimate of drug-likeness (QED) is 0.502. The number of carbonyl (C=O) groups is 2. The Labute approximate surface area is 219 Å². The Morgan fingerprint density at radius 2 is 1.70 bits per heavy atom. The van der Waals surface area contributed by atoms with E-state index in [1.807, 2.05) is 52.0 Å². The molecule has 0 aliphatic carbocycles. The van der Waals surface area contributed by atoms with Crippen LogP contribution < -0.4 is 19.1 Å². The van der Waals surface area contributed by atoms with E-state index < -0.39 is 21.6 Å². The number of rotatable bonds is 10. The predicted molar refractivity (Wildman–Crippen MR) is 143 cm³/mol. The SMILES string of the molecule is Cc1ccc(CN(C(=O)CCCN(c2ccc3c(c2)OCO3)S(C)(=O)=O)[C@@H](C)C(=O)NC(C)(C)C)cc1. The Bertz CT molecular complexity index is 1220. The van der Waals surface area contributed by atoms with Gasteiger partial charge in [0.2, 0.25) is 28.6 Å². The van der Waals surface area contributed by atoms with Crippen molar-refractivity contribution in [2.45, 2.75) is 65.6 Å². The predicted octanol–water partition coefficient (Wildman–Crippen LogP) is 3.60. The molecule has 2 aromatic rings. The molecule has 0 radical (unpaired) electrons. The first-order valence-electron chi connectivity index (χ1n) is 12.3. The maximum absolute atomic E-state index is 13.4. The third kappa shape index (κ3) is 7.85. The summed E-state index contributed by atoms with van der Waals surface area (Å²) in [7, 11) is -3.61. The minimum absolute atomic E-state index is 0.0789. The largest absolute Gasteiger partial charge is 0.454 e. The molecule has 202 valence electrons. The Morgan fingerprint density at radius 1 is 1.05 bits per heavy atom. The van der Waals surface area contributed by atoms with E-state index in [0.717, 1.165) is 17.4 Å². The number of aryl methyl sites for hydroxylation is 1. The number of hydrogen-bond donors (Lipinski definition) is 1. The highest BCUT2D eigenvalue weighted by molar-refractivity contribution is 7.92. The van der Waals surface area contributed by atoms with E-state index in [2.05, 4.69) is 5.32 Å². The van der Waals surface area contributed by atoms with Gasteiger partial charge in [-0.2, -0.15) is 0 Å². The van der Waals surface area contributed by atoms with Gasteiger partial charge in [0.05, 0.1) is 11.9 Å². The Kier molecular flexibility index (Phi) is 8.73. The standard InChI is InChI=1S/C27H37N3O6S/c1-19-9-11-21(12-10-19)17-29(20(2)26(32)28-27(3,4)5)25(31)8-7-15-30(37(6,33)34)22-13-14-23-24(16-22)36-18-35-23/h9-14,16,20H,7-8,15,17-18H2,1-6H3,(H,28,32)/t20-/m0/s1. The summed E-state index contributed by atoms with van der Waals surface area (Å²) in [6, 6.07) is 12.0. The molecule has 0 saturated carbocycles. The monoisotopic (exact) mass is 531 g/mol. The lowest BCUT2D eigenvalue weighted by Gasteiger charge is -2.32. The fourth-order valence-electron chi connectivity index (χ4n) is 3.99. The average Bonchev–Trinajstić information content (AvgIpc) is 3.27. The molecular formula is C27H37N3O6S. The van der Waals surface area contributed by atoms with E-state index in [4.69, 9.17) is 9.47 Å². The van der Waals surface area contributed by atoms with Gasteiger partial charge in [-0.25, -0.2) is 8.42 Å². The molecule has 3 rings (SSSR count). The Balaban J connectivity index is 1.74. The zero-order valence-corrected chi connectivity index (χ0v) is 23.2. The molecule has 0 aromatic heterocycles. The van der Waals surface area contributed by atoms with Gasteiger partial charge in [-0.1, -0.05) is 29.8 Å². The molecule has 1 atom stereocenters. The molecule has 2 aromatic carbocycles. The molecule has 0 spiro atoms. The van der Waals surface area contributed by atoms with E-state index in [1.54, 1.807) is 30.0 Å². The second kappa shape index (κ2) is 11.4. The average molecular weight is 532 g/mol. The third-order valence-corrected chi connectivity index (χ3v) is 7.13. The van der Waals surface area contributed by atoms with Crippen LogP contribution >= 0.6 is 0 Å². The first-order chi connectivity index (χ1) is 17.2. The molecule has 1 aliphatic heterocycles. The van der Waals surface area contributed by atoms with Crippen LogP contribution in [0.3, 0.4) is 0 Å². The van der Waals surface area contributed by atoms with Crippen molar-refractivity contribution < 1.29 is 27.5 Å². The number of ether oxygens (including phenoxy) is 2. The molecule has 0 saturated heterocycles. The van der Waals surface area contributed by atoms with Crippen molar-refractivity contribution in [3.8, 4) is 11.5 Å². The molecule has 1 aliphatic rings. The van der Waals surface area contributed by atoms with Crippen molar-refractivity contribution in [2.24, 2.45) is 0 Å². The van der Waals surface area contributed by atoms with Crippen LogP contribution in [0.15, 0.2) is 42.5 Å². The second-order valence-corrected chi connectivity index (χ2v) is 12.3. The lowest BCUT2D eigenvalue weighted by molar-refractivity contribution is -0.141. The van der Waals surface area contributed by atoms with Crippen molar-refractivity contribution in [1.29, 1.82) is 0 Å². The molecule has 10 heteroatoms. The summed E-state index contributed by atoms with van der Waals surface area (Å²) in [4.78, 5) is 27.9. The van der Waals surface area contributed by atoms with Gasteiger partial charge in [-0.3, -0.25) is 13.9 Å². The summed E-state index contributed by atoms with van der Waals surface area (Å²) in [5, 5.41) is 2.94. The number of hydrogen-bond acceptors (Lipinski definition) is 6. The fraction of sp³-hybridized carbons (Fsp3) is 0.481. The summed E-state index contributed by atoms with van der Waals surface area (Å²) >= 11 is 0. The number of fused-ring (bicyclic) bond motifs is 1. The fourth-order valence-corrected chi connectivity index (χ4v) is 4.95. The van der Waals surface area contributed by atoms with Crippen molar-refractivity contribution in [3.63, 3.8) is 0 Å². The van der Waals surface area contributed by atoms with Crippen LogP contribution in [-0.2, 0) is 26.2 Å². The lowest BCUT2D eigenvalue weighted by Crippen LogP contribution is -2.52. The summed E-state index contributed by atoms with van der Waals surface area (Å²) in [5.41, 5.74) is 2.01. The van der Waals surface area contributed by atoms with Crippen molar-refractivity contribution in [2.75, 3.05) is 23.9 Å². The minimum atomic E-state index is -3.61. The van der Waals surface area contributed by atoms with E-state index in [9.17, 15) is 18.0 Å². The first kappa shape index (κ1) is 28.3. The van der Waals surface area contributed by atoms with Gasteiger partial charge in [0, 0.05) is 31.1 Å². The van der Waals surface area contributed by atoms with Gasteiger partial charge in [-0.05, 0) is 58.7 Å². The molecule has 0 bridgehead atoms. The molecule has 2 amide bonds. The number of nitrogens with zero attached hydrogens (tertiary/aromatic N) is 2. The Morgan fingerprint density at radius 3 is 2.32 bits per heavy atom. The molecule has 9 nitrogen and oxygen atoms in total. The van der Waals surface area contributed by atoms with Crippen LogP contribution in [0, 0.1) is 6.92 Å². The number of nitrogens with one attached hydrogen (secondary N) is 1. The minimum Gasteiger partial charge on any atom is -0.454 e. The van der Waals surface area contributed by atoms with Gasteiger partial charge in [0.25, 0.3) is 0 Å².